The summed E-state index contributed by atoms with van der Waals surface area (Å²) in [5, 5.41) is 4.31. The molecule has 1 amide bonds. The minimum atomic E-state index is -0.0352. The highest BCUT2D eigenvalue weighted by atomic mass is 16.5. The number of likely N-dealkylation sites (tertiary alicyclic amines) is 1. The predicted molar refractivity (Wildman–Crippen MR) is 133 cm³/mol. The van der Waals surface area contributed by atoms with Crippen LogP contribution >= 0.6 is 0 Å². The molecule has 1 saturated heterocycles. The Balaban J connectivity index is 1.28. The van der Waals surface area contributed by atoms with Gasteiger partial charge in [0.2, 0.25) is 11.8 Å². The van der Waals surface area contributed by atoms with Crippen molar-refractivity contribution in [1.82, 2.24) is 15.3 Å². The van der Waals surface area contributed by atoms with E-state index < -0.39 is 0 Å². The largest absolute Gasteiger partial charge is 0.492 e. The number of piperidine rings is 1. The molecule has 2 aliphatic heterocycles. The van der Waals surface area contributed by atoms with Crippen LogP contribution in [0.25, 0.3) is 22.6 Å². The minimum absolute atomic E-state index is 0.0352. The molecule has 178 valence electrons. The maximum absolute atomic E-state index is 11.7. The molecular weight excluding hydrogens is 428 g/mol. The molecule has 1 fully saturated rings. The summed E-state index contributed by atoms with van der Waals surface area (Å²) in [5.74, 6) is 1.51. The number of amides is 1. The average molecular weight is 461 g/mol. The molecular formula is C27H32N4O3. The van der Waals surface area contributed by atoms with Crippen molar-refractivity contribution >= 4 is 22.7 Å². The van der Waals surface area contributed by atoms with Crippen molar-refractivity contribution < 1.29 is 13.9 Å². The van der Waals surface area contributed by atoms with Gasteiger partial charge in [-0.2, -0.15) is 5.10 Å². The van der Waals surface area contributed by atoms with Gasteiger partial charge in [0.15, 0.2) is 5.58 Å². The maximum atomic E-state index is 11.7. The third-order valence-electron chi connectivity index (χ3n) is 6.90. The van der Waals surface area contributed by atoms with Gasteiger partial charge in [-0.1, -0.05) is 19.4 Å². The molecule has 5 rings (SSSR count). The minimum Gasteiger partial charge on any atom is -0.492 e. The zero-order chi connectivity index (χ0) is 23.5. The van der Waals surface area contributed by atoms with Gasteiger partial charge in [-0.25, -0.2) is 10.4 Å². The molecule has 1 N–H and O–H groups in total. The van der Waals surface area contributed by atoms with E-state index in [9.17, 15) is 4.79 Å². The lowest BCUT2D eigenvalue weighted by atomic mass is 9.90. The van der Waals surface area contributed by atoms with Crippen LogP contribution in [0.1, 0.15) is 51.5 Å². The fraction of sp³-hybridized carbons (Fsp3) is 0.444. The van der Waals surface area contributed by atoms with Crippen LogP contribution in [0.15, 0.2) is 52.0 Å². The number of fused-ring (bicyclic) bond motifs is 1. The van der Waals surface area contributed by atoms with Crippen molar-refractivity contribution in [3.63, 3.8) is 0 Å². The van der Waals surface area contributed by atoms with Gasteiger partial charge < -0.3 is 9.15 Å². The molecule has 7 nitrogen and oxygen atoms in total. The molecule has 0 saturated carbocycles. The first-order chi connectivity index (χ1) is 16.6. The molecule has 7 heteroatoms. The highest BCUT2D eigenvalue weighted by Crippen LogP contribution is 2.28. The van der Waals surface area contributed by atoms with Crippen molar-refractivity contribution in [2.75, 3.05) is 19.7 Å². The SMILES string of the molecule is CCC1CC(=O)NN=C1c1ccc2nc(-c3ccc(OCC(C)N4CCCCC4)cc3)oc2c1. The van der Waals surface area contributed by atoms with Crippen LogP contribution in [0.5, 0.6) is 5.75 Å². The summed E-state index contributed by atoms with van der Waals surface area (Å²) in [4.78, 5) is 18.9. The van der Waals surface area contributed by atoms with E-state index >= 15 is 0 Å². The summed E-state index contributed by atoms with van der Waals surface area (Å²) in [5.41, 5.74) is 6.85. The van der Waals surface area contributed by atoms with Gasteiger partial charge in [0, 0.05) is 29.5 Å². The van der Waals surface area contributed by atoms with Crippen molar-refractivity contribution in [2.45, 2.75) is 52.0 Å². The van der Waals surface area contributed by atoms with Crippen LogP contribution in [-0.2, 0) is 4.79 Å². The third-order valence-corrected chi connectivity index (χ3v) is 6.90. The first kappa shape index (κ1) is 22.6. The lowest BCUT2D eigenvalue weighted by Crippen LogP contribution is -2.40. The molecule has 2 unspecified atom stereocenters. The molecule has 0 aliphatic carbocycles. The Morgan fingerprint density at radius 3 is 2.65 bits per heavy atom. The van der Waals surface area contributed by atoms with Crippen LogP contribution in [0.4, 0.5) is 0 Å². The number of hydrazone groups is 1. The lowest BCUT2D eigenvalue weighted by Gasteiger charge is -2.32. The molecule has 3 aromatic rings. The molecule has 0 bridgehead atoms. The van der Waals surface area contributed by atoms with E-state index in [4.69, 9.17) is 9.15 Å². The number of nitrogens with one attached hydrogen (secondary N) is 1. The highest BCUT2D eigenvalue weighted by Gasteiger charge is 2.25. The van der Waals surface area contributed by atoms with Gasteiger partial charge in [0.25, 0.3) is 0 Å². The van der Waals surface area contributed by atoms with Gasteiger partial charge in [-0.05, 0) is 75.7 Å². The summed E-state index contributed by atoms with van der Waals surface area (Å²) >= 11 is 0. The van der Waals surface area contributed by atoms with Gasteiger partial charge in [-0.3, -0.25) is 9.69 Å². The number of rotatable bonds is 7. The normalized spacial score (nSPS) is 20.1. The Bertz CT molecular complexity index is 1180. The number of nitrogens with zero attached hydrogens (tertiary/aromatic N) is 3. The van der Waals surface area contributed by atoms with Crippen LogP contribution in [0, 0.1) is 5.92 Å². The summed E-state index contributed by atoms with van der Waals surface area (Å²) in [6.45, 7) is 7.34. The Morgan fingerprint density at radius 1 is 1.12 bits per heavy atom. The van der Waals surface area contributed by atoms with Gasteiger partial charge in [-0.15, -0.1) is 0 Å². The predicted octanol–water partition coefficient (Wildman–Crippen LogP) is 5.00. The second-order valence-electron chi connectivity index (χ2n) is 9.32. The topological polar surface area (TPSA) is 80.0 Å². The molecule has 2 atom stereocenters. The second kappa shape index (κ2) is 9.97. The second-order valence-corrected chi connectivity index (χ2v) is 9.32. The molecule has 3 heterocycles. The van der Waals surface area contributed by atoms with Crippen LogP contribution in [0.2, 0.25) is 0 Å². The maximum Gasteiger partial charge on any atom is 0.240 e. The number of oxazole rings is 1. The summed E-state index contributed by atoms with van der Waals surface area (Å²) < 4.78 is 12.1. The fourth-order valence-corrected chi connectivity index (χ4v) is 4.80. The van der Waals surface area contributed by atoms with Gasteiger partial charge >= 0.3 is 0 Å². The number of carbonyl (C=O) groups is 1. The molecule has 0 radical (unpaired) electrons. The van der Waals surface area contributed by atoms with Crippen molar-refractivity contribution in [1.29, 1.82) is 0 Å². The number of aromatic nitrogens is 1. The molecule has 2 aromatic carbocycles. The number of benzene rings is 2. The number of hydrogen-bond acceptors (Lipinski definition) is 6. The lowest BCUT2D eigenvalue weighted by molar-refractivity contribution is -0.122. The van der Waals surface area contributed by atoms with E-state index in [1.807, 2.05) is 42.5 Å². The van der Waals surface area contributed by atoms with Crippen LogP contribution < -0.4 is 10.2 Å². The standard InChI is InChI=1S/C27H32N4O3/c1-3-19-16-25(32)29-30-26(19)21-9-12-23-24(15-21)34-27(28-23)20-7-10-22(11-8-20)33-17-18(2)31-13-5-4-6-14-31/h7-12,15,18-19H,3-6,13-14,16-17H2,1-2H3,(H,29,32). The monoisotopic (exact) mass is 460 g/mol. The Hall–Kier alpha value is -3.19. The summed E-state index contributed by atoms with van der Waals surface area (Å²) in [7, 11) is 0. The van der Waals surface area contributed by atoms with E-state index in [0.29, 0.717) is 30.5 Å². The van der Waals surface area contributed by atoms with E-state index in [1.165, 1.54) is 32.4 Å². The quantitative estimate of drug-likeness (QED) is 0.537. The average Bonchev–Trinajstić information content (AvgIpc) is 3.31. The van der Waals surface area contributed by atoms with Crippen molar-refractivity contribution in [3.05, 3.63) is 48.0 Å². The van der Waals surface area contributed by atoms with Gasteiger partial charge in [0.1, 0.15) is 17.9 Å². The number of carbonyl (C=O) groups excluding carboxylic acids is 1. The molecule has 1 aromatic heterocycles. The Labute approximate surface area is 200 Å². The summed E-state index contributed by atoms with van der Waals surface area (Å²) in [6, 6.07) is 14.2. The fourth-order valence-electron chi connectivity index (χ4n) is 4.80. The van der Waals surface area contributed by atoms with Crippen molar-refractivity contribution in [3.8, 4) is 17.2 Å². The first-order valence-electron chi connectivity index (χ1n) is 12.4. The van der Waals surface area contributed by atoms with Crippen LogP contribution in [0.3, 0.4) is 0 Å². The Morgan fingerprint density at radius 2 is 1.88 bits per heavy atom. The smallest absolute Gasteiger partial charge is 0.240 e. The molecule has 34 heavy (non-hydrogen) atoms. The summed E-state index contributed by atoms with van der Waals surface area (Å²) in [6.07, 6.45) is 5.23. The van der Waals surface area contributed by atoms with Gasteiger partial charge in [0.05, 0.1) is 5.71 Å². The van der Waals surface area contributed by atoms with E-state index in [0.717, 1.165) is 34.5 Å². The Kier molecular flexibility index (Phi) is 6.63. The number of ether oxygens (including phenoxy) is 1. The van der Waals surface area contributed by atoms with E-state index in [1.54, 1.807) is 0 Å². The van der Waals surface area contributed by atoms with E-state index in [2.05, 4.69) is 34.3 Å². The van der Waals surface area contributed by atoms with Crippen LogP contribution in [-0.4, -0.2) is 47.2 Å². The number of hydrogen-bond donors (Lipinski definition) is 1. The highest BCUT2D eigenvalue weighted by molar-refractivity contribution is 6.07. The van der Waals surface area contributed by atoms with Crippen molar-refractivity contribution in [2.24, 2.45) is 11.0 Å². The zero-order valence-electron chi connectivity index (χ0n) is 19.9. The zero-order valence-corrected chi connectivity index (χ0v) is 19.9. The molecule has 0 spiro atoms. The first-order valence-corrected chi connectivity index (χ1v) is 12.4. The molecule has 2 aliphatic rings. The van der Waals surface area contributed by atoms with E-state index in [-0.39, 0.29) is 11.8 Å². The third kappa shape index (κ3) is 4.85.